The zero-order valence-corrected chi connectivity index (χ0v) is 19.2. The van der Waals surface area contributed by atoms with E-state index in [1.807, 2.05) is 79.7 Å². The van der Waals surface area contributed by atoms with Crippen LogP contribution in [0.1, 0.15) is 22.6 Å². The molecule has 33 heavy (non-hydrogen) atoms. The average molecular weight is 436 g/mol. The first-order valence-corrected chi connectivity index (χ1v) is 10.9. The molecule has 0 unspecified atom stereocenters. The molecule has 5 aromatic rings. The summed E-state index contributed by atoms with van der Waals surface area (Å²) in [5.41, 5.74) is 5.85. The first-order valence-electron chi connectivity index (χ1n) is 10.9. The second-order valence-electron chi connectivity index (χ2n) is 8.24. The van der Waals surface area contributed by atoms with E-state index >= 15 is 0 Å². The summed E-state index contributed by atoms with van der Waals surface area (Å²) in [5.74, 6) is 1.39. The van der Waals surface area contributed by atoms with E-state index in [0.717, 1.165) is 39.2 Å². The number of methoxy groups -OCH3 is 1. The summed E-state index contributed by atoms with van der Waals surface area (Å²) in [5, 5.41) is 1.69. The van der Waals surface area contributed by atoms with Gasteiger partial charge in [-0.3, -0.25) is 9.36 Å². The van der Waals surface area contributed by atoms with Crippen LogP contribution in [0.5, 0.6) is 5.75 Å². The smallest absolute Gasteiger partial charge is 0.266 e. The van der Waals surface area contributed by atoms with Crippen molar-refractivity contribution < 1.29 is 4.74 Å². The number of hydrogen-bond acceptors (Lipinski definition) is 3. The molecule has 0 spiro atoms. The fourth-order valence-corrected chi connectivity index (χ4v) is 4.28. The monoisotopic (exact) mass is 435 g/mol. The van der Waals surface area contributed by atoms with Crippen LogP contribution in [0.15, 0.2) is 71.5 Å². The Kier molecular flexibility index (Phi) is 5.09. The average Bonchev–Trinajstić information content (AvgIpc) is 3.07. The molecule has 2 heterocycles. The molecule has 5 rings (SSSR count). The van der Waals surface area contributed by atoms with Gasteiger partial charge >= 0.3 is 0 Å². The van der Waals surface area contributed by atoms with E-state index in [1.165, 1.54) is 0 Å². The van der Waals surface area contributed by atoms with Crippen LogP contribution in [0.2, 0.25) is 0 Å². The summed E-state index contributed by atoms with van der Waals surface area (Å²) in [6, 6.07) is 21.5. The predicted molar refractivity (Wildman–Crippen MR) is 135 cm³/mol. The minimum absolute atomic E-state index is 0.0830. The topological polar surface area (TPSA) is 49.0 Å². The summed E-state index contributed by atoms with van der Waals surface area (Å²) in [7, 11) is 3.73. The van der Waals surface area contributed by atoms with Gasteiger partial charge in [0.25, 0.3) is 5.56 Å². The molecule has 0 bridgehead atoms. The fourth-order valence-electron chi connectivity index (χ4n) is 4.28. The zero-order valence-electron chi connectivity index (χ0n) is 19.2. The molecular weight excluding hydrogens is 410 g/mol. The first-order chi connectivity index (χ1) is 16.0. The standard InChI is InChI=1S/C28H25N3O2/c1-18-9-11-20(12-10-18)31-27(29-25-8-6-5-7-23(25)28(31)32)16-14-22-19(2)30(3)26-15-13-21(33-4)17-24(22)26/h5-17H,1-4H3. The van der Waals surface area contributed by atoms with E-state index in [1.54, 1.807) is 11.7 Å². The Morgan fingerprint density at radius 3 is 2.42 bits per heavy atom. The van der Waals surface area contributed by atoms with E-state index in [9.17, 15) is 4.79 Å². The Bertz CT molecular complexity index is 1590. The molecule has 0 atom stereocenters. The minimum Gasteiger partial charge on any atom is -0.497 e. The number of rotatable bonds is 4. The third-order valence-corrected chi connectivity index (χ3v) is 6.24. The van der Waals surface area contributed by atoms with Gasteiger partial charge in [0.15, 0.2) is 0 Å². The zero-order chi connectivity index (χ0) is 23.1. The molecule has 0 aliphatic heterocycles. The van der Waals surface area contributed by atoms with Gasteiger partial charge in [0.1, 0.15) is 11.6 Å². The highest BCUT2D eigenvalue weighted by molar-refractivity contribution is 5.94. The summed E-state index contributed by atoms with van der Waals surface area (Å²) in [4.78, 5) is 18.3. The lowest BCUT2D eigenvalue weighted by atomic mass is 10.1. The second-order valence-corrected chi connectivity index (χ2v) is 8.24. The number of fused-ring (bicyclic) bond motifs is 2. The van der Waals surface area contributed by atoms with Gasteiger partial charge in [0.05, 0.1) is 23.7 Å². The number of benzene rings is 3. The van der Waals surface area contributed by atoms with E-state index in [4.69, 9.17) is 9.72 Å². The highest BCUT2D eigenvalue weighted by Gasteiger charge is 2.13. The normalized spacial score (nSPS) is 11.6. The maximum absolute atomic E-state index is 13.5. The lowest BCUT2D eigenvalue weighted by Crippen LogP contribution is -2.22. The van der Waals surface area contributed by atoms with Gasteiger partial charge in [-0.15, -0.1) is 0 Å². The molecule has 2 aromatic heterocycles. The van der Waals surface area contributed by atoms with Crippen LogP contribution in [0.3, 0.4) is 0 Å². The molecule has 0 saturated carbocycles. The Morgan fingerprint density at radius 2 is 1.67 bits per heavy atom. The van der Waals surface area contributed by atoms with Crippen molar-refractivity contribution in [3.8, 4) is 11.4 Å². The molecule has 0 radical (unpaired) electrons. The lowest BCUT2D eigenvalue weighted by molar-refractivity contribution is 0.415. The lowest BCUT2D eigenvalue weighted by Gasteiger charge is -2.12. The molecule has 0 fully saturated rings. The molecule has 164 valence electrons. The number of hydrogen-bond donors (Lipinski definition) is 0. The molecule has 0 N–H and O–H groups in total. The first kappa shape index (κ1) is 20.8. The maximum Gasteiger partial charge on any atom is 0.266 e. The number of para-hydroxylation sites is 1. The third kappa shape index (κ3) is 3.52. The van der Waals surface area contributed by atoms with Crippen LogP contribution in [0, 0.1) is 13.8 Å². The second kappa shape index (κ2) is 8.10. The number of aryl methyl sites for hydroxylation is 2. The molecule has 0 saturated heterocycles. The van der Waals surface area contributed by atoms with Crippen molar-refractivity contribution in [3.63, 3.8) is 0 Å². The summed E-state index contributed by atoms with van der Waals surface area (Å²) < 4.78 is 9.29. The molecule has 3 aromatic carbocycles. The summed E-state index contributed by atoms with van der Waals surface area (Å²) in [6.45, 7) is 4.12. The quantitative estimate of drug-likeness (QED) is 0.365. The van der Waals surface area contributed by atoms with Crippen molar-refractivity contribution in [3.05, 3.63) is 99.7 Å². The van der Waals surface area contributed by atoms with Crippen LogP contribution in [0.4, 0.5) is 0 Å². The minimum atomic E-state index is -0.0830. The van der Waals surface area contributed by atoms with Crippen molar-refractivity contribution in [1.82, 2.24) is 14.1 Å². The van der Waals surface area contributed by atoms with Crippen molar-refractivity contribution in [2.45, 2.75) is 13.8 Å². The highest BCUT2D eigenvalue weighted by Crippen LogP contribution is 2.30. The molecule has 5 heteroatoms. The summed E-state index contributed by atoms with van der Waals surface area (Å²) >= 11 is 0. The van der Waals surface area contributed by atoms with Crippen LogP contribution in [0.25, 0.3) is 39.6 Å². The van der Waals surface area contributed by atoms with Crippen LogP contribution in [-0.4, -0.2) is 21.2 Å². The molecular formula is C28H25N3O2. The van der Waals surface area contributed by atoms with Crippen molar-refractivity contribution >= 4 is 34.0 Å². The Hall–Kier alpha value is -4.12. The maximum atomic E-state index is 13.5. The Balaban J connectivity index is 1.74. The van der Waals surface area contributed by atoms with E-state index < -0.39 is 0 Å². The van der Waals surface area contributed by atoms with E-state index in [0.29, 0.717) is 16.7 Å². The van der Waals surface area contributed by atoms with Gasteiger partial charge in [-0.05, 0) is 68.5 Å². The number of aromatic nitrogens is 3. The van der Waals surface area contributed by atoms with Gasteiger partial charge in [-0.1, -0.05) is 29.8 Å². The van der Waals surface area contributed by atoms with Gasteiger partial charge < -0.3 is 9.30 Å². The number of nitrogens with zero attached hydrogens (tertiary/aromatic N) is 3. The van der Waals surface area contributed by atoms with E-state index in [-0.39, 0.29) is 5.56 Å². The molecule has 0 amide bonds. The van der Waals surface area contributed by atoms with Crippen LogP contribution < -0.4 is 10.3 Å². The number of ether oxygens (including phenoxy) is 1. The predicted octanol–water partition coefficient (Wildman–Crippen LogP) is 5.67. The molecule has 0 aliphatic carbocycles. The largest absolute Gasteiger partial charge is 0.497 e. The van der Waals surface area contributed by atoms with Gasteiger partial charge in [0.2, 0.25) is 0 Å². The van der Waals surface area contributed by atoms with Crippen LogP contribution in [-0.2, 0) is 7.05 Å². The van der Waals surface area contributed by atoms with Gasteiger partial charge in [-0.25, -0.2) is 4.98 Å². The fraction of sp³-hybridized carbons (Fsp3) is 0.143. The summed E-state index contributed by atoms with van der Waals surface area (Å²) in [6.07, 6.45) is 3.97. The van der Waals surface area contributed by atoms with Crippen LogP contribution >= 0.6 is 0 Å². The van der Waals surface area contributed by atoms with Gasteiger partial charge in [-0.2, -0.15) is 0 Å². The highest BCUT2D eigenvalue weighted by atomic mass is 16.5. The SMILES string of the molecule is COc1ccc2c(c1)c(C=Cc1nc3ccccc3c(=O)n1-c1ccc(C)cc1)c(C)n2C. The Morgan fingerprint density at radius 1 is 0.909 bits per heavy atom. The molecule has 0 aliphatic rings. The van der Waals surface area contributed by atoms with E-state index in [2.05, 4.69) is 24.6 Å². The van der Waals surface area contributed by atoms with Gasteiger partial charge in [0, 0.05) is 29.2 Å². The van der Waals surface area contributed by atoms with Crippen molar-refractivity contribution in [2.24, 2.45) is 7.05 Å². The third-order valence-electron chi connectivity index (χ3n) is 6.24. The molecule has 5 nitrogen and oxygen atoms in total. The van der Waals surface area contributed by atoms with Crippen molar-refractivity contribution in [1.29, 1.82) is 0 Å². The Labute approximate surface area is 192 Å². The van der Waals surface area contributed by atoms with Crippen molar-refractivity contribution in [2.75, 3.05) is 7.11 Å².